The molecule has 0 aliphatic rings. The largest absolute Gasteiger partial charge is 0.330 e. The highest BCUT2D eigenvalue weighted by Crippen LogP contribution is 2.19. The van der Waals surface area contributed by atoms with Crippen molar-refractivity contribution in [2.24, 2.45) is 16.8 Å². The Morgan fingerprint density at radius 1 is 1.41 bits per heavy atom. The Balaban J connectivity index is 3.04. The number of benzene rings is 1. The predicted molar refractivity (Wildman–Crippen MR) is 64.7 cm³/mol. The Bertz CT molecular complexity index is 513. The van der Waals surface area contributed by atoms with E-state index in [0.717, 1.165) is 0 Å². The fraction of sp³-hybridized carbons (Fsp3) is 0.300. The van der Waals surface area contributed by atoms with E-state index in [9.17, 15) is 13.2 Å². The van der Waals surface area contributed by atoms with Crippen LogP contribution in [0.15, 0.2) is 29.2 Å². The number of hydrogen-bond donors (Lipinski definition) is 3. The lowest BCUT2D eigenvalue weighted by molar-refractivity contribution is -0.119. The summed E-state index contributed by atoms with van der Waals surface area (Å²) in [5, 5.41) is 7.53. The molecule has 0 saturated heterocycles. The standard InChI is InChI=1S/C10H15N3O3S/c1-7(6-11)10(14)13-8-4-2-3-5-9(8)17(12,15)16/h2-5,7H,6,11H2,1H3,(H,13,14)(H2,12,15,16). The van der Waals surface area contributed by atoms with E-state index in [1.807, 2.05) is 0 Å². The lowest BCUT2D eigenvalue weighted by Crippen LogP contribution is -2.27. The molecule has 17 heavy (non-hydrogen) atoms. The summed E-state index contributed by atoms with van der Waals surface area (Å²) in [5.41, 5.74) is 5.51. The molecular formula is C10H15N3O3S. The van der Waals surface area contributed by atoms with Crippen molar-refractivity contribution in [3.05, 3.63) is 24.3 Å². The highest BCUT2D eigenvalue weighted by Gasteiger charge is 2.17. The van der Waals surface area contributed by atoms with Crippen molar-refractivity contribution in [3.63, 3.8) is 0 Å². The Kier molecular flexibility index (Phi) is 4.22. The van der Waals surface area contributed by atoms with Crippen LogP contribution in [0, 0.1) is 5.92 Å². The van der Waals surface area contributed by atoms with Crippen molar-refractivity contribution in [2.45, 2.75) is 11.8 Å². The summed E-state index contributed by atoms with van der Waals surface area (Å²) in [6.07, 6.45) is 0. The van der Waals surface area contributed by atoms with Crippen LogP contribution in [0.5, 0.6) is 0 Å². The first-order chi connectivity index (χ1) is 7.86. The van der Waals surface area contributed by atoms with Gasteiger partial charge in [-0.1, -0.05) is 19.1 Å². The molecular weight excluding hydrogens is 242 g/mol. The lowest BCUT2D eigenvalue weighted by Gasteiger charge is -2.12. The van der Waals surface area contributed by atoms with E-state index >= 15 is 0 Å². The molecule has 0 aliphatic carbocycles. The summed E-state index contributed by atoms with van der Waals surface area (Å²) >= 11 is 0. The molecule has 1 aromatic rings. The molecule has 0 bridgehead atoms. The van der Waals surface area contributed by atoms with E-state index < -0.39 is 15.9 Å². The van der Waals surface area contributed by atoms with Crippen molar-refractivity contribution in [3.8, 4) is 0 Å². The first-order valence-corrected chi connectivity index (χ1v) is 6.53. The number of rotatable bonds is 4. The molecule has 7 heteroatoms. The summed E-state index contributed by atoms with van der Waals surface area (Å²) in [4.78, 5) is 11.5. The minimum Gasteiger partial charge on any atom is -0.330 e. The molecule has 0 heterocycles. The van der Waals surface area contributed by atoms with Gasteiger partial charge in [-0.3, -0.25) is 4.79 Å². The van der Waals surface area contributed by atoms with Crippen LogP contribution in [0.25, 0.3) is 0 Å². The second-order valence-corrected chi connectivity index (χ2v) is 5.20. The number of sulfonamides is 1. The van der Waals surface area contributed by atoms with Gasteiger partial charge in [-0.25, -0.2) is 13.6 Å². The van der Waals surface area contributed by atoms with Gasteiger partial charge in [0.05, 0.1) is 5.69 Å². The van der Waals surface area contributed by atoms with Gasteiger partial charge in [0.25, 0.3) is 0 Å². The number of carbonyl (C=O) groups is 1. The third kappa shape index (κ3) is 3.52. The Labute approximate surface area is 100 Å². The van der Waals surface area contributed by atoms with Crippen molar-refractivity contribution >= 4 is 21.6 Å². The Morgan fingerprint density at radius 2 is 2.00 bits per heavy atom. The van der Waals surface area contributed by atoms with Gasteiger partial charge in [-0.05, 0) is 12.1 Å². The average Bonchev–Trinajstić information content (AvgIpc) is 2.27. The van der Waals surface area contributed by atoms with Crippen molar-refractivity contribution in [2.75, 3.05) is 11.9 Å². The zero-order valence-electron chi connectivity index (χ0n) is 9.38. The normalized spacial score (nSPS) is 13.1. The van der Waals surface area contributed by atoms with E-state index in [0.29, 0.717) is 0 Å². The van der Waals surface area contributed by atoms with Gasteiger partial charge in [0, 0.05) is 12.5 Å². The molecule has 0 saturated carbocycles. The van der Waals surface area contributed by atoms with Crippen LogP contribution in [0.3, 0.4) is 0 Å². The van der Waals surface area contributed by atoms with Gasteiger partial charge in [0.1, 0.15) is 4.90 Å². The van der Waals surface area contributed by atoms with Gasteiger partial charge in [0.15, 0.2) is 0 Å². The number of para-hydroxylation sites is 1. The topological polar surface area (TPSA) is 115 Å². The fourth-order valence-corrected chi connectivity index (χ4v) is 1.87. The van der Waals surface area contributed by atoms with Crippen molar-refractivity contribution in [1.29, 1.82) is 0 Å². The summed E-state index contributed by atoms with van der Waals surface area (Å²) < 4.78 is 22.6. The maximum Gasteiger partial charge on any atom is 0.240 e. The van der Waals surface area contributed by atoms with Gasteiger partial charge in [-0.2, -0.15) is 0 Å². The molecule has 0 aliphatic heterocycles. The molecule has 0 aromatic heterocycles. The first kappa shape index (κ1) is 13.6. The smallest absolute Gasteiger partial charge is 0.240 e. The SMILES string of the molecule is CC(CN)C(=O)Nc1ccccc1S(N)(=O)=O. The molecule has 1 amide bonds. The molecule has 0 radical (unpaired) electrons. The fourth-order valence-electron chi connectivity index (χ4n) is 1.18. The van der Waals surface area contributed by atoms with E-state index in [4.69, 9.17) is 10.9 Å². The molecule has 0 fully saturated rings. The molecule has 0 spiro atoms. The van der Waals surface area contributed by atoms with Crippen LogP contribution >= 0.6 is 0 Å². The zero-order chi connectivity index (χ0) is 13.1. The third-order valence-electron chi connectivity index (χ3n) is 2.25. The van der Waals surface area contributed by atoms with E-state index in [-0.39, 0.29) is 23.0 Å². The molecule has 1 unspecified atom stereocenters. The van der Waals surface area contributed by atoms with Gasteiger partial charge < -0.3 is 11.1 Å². The van der Waals surface area contributed by atoms with Crippen LogP contribution in [0.1, 0.15) is 6.92 Å². The molecule has 1 aromatic carbocycles. The molecule has 94 valence electrons. The molecule has 6 nitrogen and oxygen atoms in total. The maximum absolute atomic E-state index is 11.6. The third-order valence-corrected chi connectivity index (χ3v) is 3.22. The minimum atomic E-state index is -3.86. The predicted octanol–water partition coefficient (Wildman–Crippen LogP) is -0.133. The number of anilines is 1. The highest BCUT2D eigenvalue weighted by atomic mass is 32.2. The van der Waals surface area contributed by atoms with Crippen molar-refractivity contribution in [1.82, 2.24) is 0 Å². The summed E-state index contributed by atoms with van der Waals surface area (Å²) in [7, 11) is -3.86. The quantitative estimate of drug-likeness (QED) is 0.696. The summed E-state index contributed by atoms with van der Waals surface area (Å²) in [6.45, 7) is 1.83. The second-order valence-electron chi connectivity index (χ2n) is 3.67. The number of nitrogens with two attached hydrogens (primary N) is 2. The van der Waals surface area contributed by atoms with Gasteiger partial charge in [0.2, 0.25) is 15.9 Å². The number of nitrogens with one attached hydrogen (secondary N) is 1. The van der Waals surface area contributed by atoms with Crippen molar-refractivity contribution < 1.29 is 13.2 Å². The van der Waals surface area contributed by atoms with E-state index in [1.54, 1.807) is 13.0 Å². The molecule has 1 rings (SSSR count). The zero-order valence-corrected chi connectivity index (χ0v) is 10.2. The van der Waals surface area contributed by atoms with Gasteiger partial charge >= 0.3 is 0 Å². The first-order valence-electron chi connectivity index (χ1n) is 4.99. The monoisotopic (exact) mass is 257 g/mol. The lowest BCUT2D eigenvalue weighted by atomic mass is 10.1. The van der Waals surface area contributed by atoms with Gasteiger partial charge in [-0.15, -0.1) is 0 Å². The maximum atomic E-state index is 11.6. The number of hydrogen-bond acceptors (Lipinski definition) is 4. The number of primary sulfonamides is 1. The average molecular weight is 257 g/mol. The minimum absolute atomic E-state index is 0.113. The van der Waals surface area contributed by atoms with Crippen LogP contribution in [0.2, 0.25) is 0 Å². The number of amides is 1. The van der Waals surface area contributed by atoms with Crippen LogP contribution in [-0.4, -0.2) is 20.9 Å². The van der Waals surface area contributed by atoms with Crippen LogP contribution < -0.4 is 16.2 Å². The second kappa shape index (κ2) is 5.26. The van der Waals surface area contributed by atoms with Crippen LogP contribution in [0.4, 0.5) is 5.69 Å². The van der Waals surface area contributed by atoms with Crippen LogP contribution in [-0.2, 0) is 14.8 Å². The summed E-state index contributed by atoms with van der Waals surface area (Å²) in [6, 6.07) is 5.94. The highest BCUT2D eigenvalue weighted by molar-refractivity contribution is 7.89. The van der Waals surface area contributed by atoms with E-state index in [2.05, 4.69) is 5.32 Å². The Hall–Kier alpha value is -1.44. The molecule has 1 atom stereocenters. The molecule has 5 N–H and O–H groups in total. The van der Waals surface area contributed by atoms with E-state index in [1.165, 1.54) is 18.2 Å². The summed E-state index contributed by atoms with van der Waals surface area (Å²) in [5.74, 6) is -0.743. The number of carbonyl (C=O) groups excluding carboxylic acids is 1. The Morgan fingerprint density at radius 3 is 2.53 bits per heavy atom.